The van der Waals surface area contributed by atoms with E-state index in [1.165, 1.54) is 7.11 Å². The van der Waals surface area contributed by atoms with Crippen molar-refractivity contribution in [3.63, 3.8) is 0 Å². The number of carbonyl (C=O) groups excluding carboxylic acids is 1. The number of aromatic nitrogens is 1. The van der Waals surface area contributed by atoms with Crippen LogP contribution in [0.5, 0.6) is 11.5 Å². The van der Waals surface area contributed by atoms with Gasteiger partial charge in [-0.05, 0) is 43.7 Å². The summed E-state index contributed by atoms with van der Waals surface area (Å²) in [4.78, 5) is 19.5. The molecule has 1 aromatic carbocycles. The minimum Gasteiger partial charge on any atom is -0.493 e. The molecule has 162 valence electrons. The molecule has 4 heterocycles. The summed E-state index contributed by atoms with van der Waals surface area (Å²) in [7, 11) is 4.73. The Kier molecular flexibility index (Phi) is 4.52. The molecule has 0 amide bonds. The van der Waals surface area contributed by atoms with Crippen LogP contribution in [-0.4, -0.2) is 67.5 Å². The second-order valence-electron chi connectivity index (χ2n) is 9.09. The molecule has 3 aliphatic heterocycles. The van der Waals surface area contributed by atoms with Crippen molar-refractivity contribution in [3.8, 4) is 11.5 Å². The lowest BCUT2D eigenvalue weighted by atomic mass is 9.56. The number of hydrogen-bond acceptors (Lipinski definition) is 6. The normalized spacial score (nSPS) is 33.0. The lowest BCUT2D eigenvalue weighted by Gasteiger charge is -2.58. The number of aliphatic hydroxyl groups is 1. The number of hydrogen-bond donors (Lipinski definition) is 2. The van der Waals surface area contributed by atoms with Crippen LogP contribution >= 0.6 is 0 Å². The van der Waals surface area contributed by atoms with Gasteiger partial charge >= 0.3 is 5.97 Å². The number of nitrogens with one attached hydrogen (secondary N) is 1. The Bertz CT molecular complexity index is 999. The molecule has 30 heavy (non-hydrogen) atoms. The Labute approximate surface area is 176 Å². The highest BCUT2D eigenvalue weighted by atomic mass is 16.5. The van der Waals surface area contributed by atoms with Crippen LogP contribution < -0.4 is 9.47 Å². The number of nitrogens with zero attached hydrogens (tertiary/aromatic N) is 1. The Morgan fingerprint density at radius 2 is 2.00 bits per heavy atom. The van der Waals surface area contributed by atoms with Crippen LogP contribution in [0, 0.1) is 11.8 Å². The molecule has 1 aromatic heterocycles. The smallest absolute Gasteiger partial charge is 0.319 e. The van der Waals surface area contributed by atoms with Gasteiger partial charge in [-0.1, -0.05) is 0 Å². The minimum absolute atomic E-state index is 0.0398. The summed E-state index contributed by atoms with van der Waals surface area (Å²) in [5, 5.41) is 11.7. The van der Waals surface area contributed by atoms with Gasteiger partial charge in [0.2, 0.25) is 0 Å². The van der Waals surface area contributed by atoms with Gasteiger partial charge in [0.05, 0.1) is 27.4 Å². The van der Waals surface area contributed by atoms with Crippen molar-refractivity contribution in [2.75, 3.05) is 34.4 Å². The Balaban J connectivity index is 1.79. The van der Waals surface area contributed by atoms with Gasteiger partial charge in [0, 0.05) is 47.7 Å². The maximum absolute atomic E-state index is 13.5. The quantitative estimate of drug-likeness (QED) is 0.747. The van der Waals surface area contributed by atoms with Gasteiger partial charge in [-0.2, -0.15) is 0 Å². The first-order valence-electron chi connectivity index (χ1n) is 10.7. The maximum Gasteiger partial charge on any atom is 0.319 e. The minimum atomic E-state index is -0.803. The highest BCUT2D eigenvalue weighted by Crippen LogP contribution is 2.55. The van der Waals surface area contributed by atoms with Gasteiger partial charge in [-0.3, -0.25) is 9.69 Å². The van der Waals surface area contributed by atoms with Gasteiger partial charge < -0.3 is 24.3 Å². The summed E-state index contributed by atoms with van der Waals surface area (Å²) < 4.78 is 16.5. The molecule has 7 nitrogen and oxygen atoms in total. The Morgan fingerprint density at radius 3 is 2.67 bits per heavy atom. The fraction of sp³-hybridized carbons (Fsp3) is 0.609. The second-order valence-corrected chi connectivity index (χ2v) is 9.09. The third kappa shape index (κ3) is 2.48. The van der Waals surface area contributed by atoms with Crippen molar-refractivity contribution in [1.29, 1.82) is 0 Å². The average molecular weight is 415 g/mol. The average Bonchev–Trinajstić information content (AvgIpc) is 3.08. The molecule has 0 spiro atoms. The van der Waals surface area contributed by atoms with Crippen molar-refractivity contribution in [1.82, 2.24) is 9.88 Å². The SMILES string of the molecule is COC(=O)[C@@]12C[C@H]3C[C@H](C(C)O)[C@@H]1N(CCc1c2[nH]c2cc(OC)c(OC)cc12)C3. The molecule has 6 atom stereocenters. The number of esters is 1. The number of benzene rings is 1. The van der Waals surface area contributed by atoms with Gasteiger partial charge in [-0.15, -0.1) is 0 Å². The monoisotopic (exact) mass is 414 g/mol. The van der Waals surface area contributed by atoms with Gasteiger partial charge in [0.1, 0.15) is 5.41 Å². The van der Waals surface area contributed by atoms with Crippen molar-refractivity contribution < 1.29 is 24.1 Å². The number of H-pyrrole nitrogens is 1. The predicted octanol–water partition coefficient (Wildman–Crippen LogP) is 2.24. The first-order chi connectivity index (χ1) is 14.4. The van der Waals surface area contributed by atoms with Gasteiger partial charge in [0.15, 0.2) is 11.5 Å². The molecule has 3 fully saturated rings. The molecule has 1 aliphatic carbocycles. The largest absolute Gasteiger partial charge is 0.493 e. The van der Waals surface area contributed by atoms with Crippen LogP contribution in [0.3, 0.4) is 0 Å². The summed E-state index contributed by atoms with van der Waals surface area (Å²) in [6.45, 7) is 3.69. The number of ether oxygens (including phenoxy) is 3. The molecule has 4 aliphatic rings. The zero-order valence-electron chi connectivity index (χ0n) is 18.0. The highest BCUT2D eigenvalue weighted by Gasteiger charge is 2.63. The topological polar surface area (TPSA) is 84.0 Å². The number of carbonyl (C=O) groups is 1. The van der Waals surface area contributed by atoms with E-state index in [2.05, 4.69) is 9.88 Å². The summed E-state index contributed by atoms with van der Waals surface area (Å²) in [6.07, 6.45) is 2.06. The predicted molar refractivity (Wildman–Crippen MR) is 112 cm³/mol. The van der Waals surface area contributed by atoms with Crippen molar-refractivity contribution in [3.05, 3.63) is 23.4 Å². The first kappa shape index (κ1) is 19.7. The van der Waals surface area contributed by atoms with Crippen molar-refractivity contribution in [2.24, 2.45) is 11.8 Å². The molecule has 2 saturated heterocycles. The first-order valence-corrected chi connectivity index (χ1v) is 10.7. The molecule has 4 bridgehead atoms. The molecule has 6 rings (SSSR count). The van der Waals surface area contributed by atoms with E-state index in [4.69, 9.17) is 14.2 Å². The van der Waals surface area contributed by atoms with Crippen LogP contribution in [0.25, 0.3) is 10.9 Å². The Hall–Kier alpha value is -2.25. The zero-order valence-corrected chi connectivity index (χ0v) is 18.0. The van der Waals surface area contributed by atoms with E-state index in [1.807, 2.05) is 19.1 Å². The molecular formula is C23H30N2O5. The number of methoxy groups -OCH3 is 3. The van der Waals surface area contributed by atoms with E-state index < -0.39 is 11.5 Å². The van der Waals surface area contributed by atoms with Crippen molar-refractivity contribution >= 4 is 16.9 Å². The van der Waals surface area contributed by atoms with Crippen LogP contribution in [0.2, 0.25) is 0 Å². The highest BCUT2D eigenvalue weighted by molar-refractivity contribution is 5.93. The molecule has 0 radical (unpaired) electrons. The van der Waals surface area contributed by atoms with Crippen LogP contribution in [-0.2, 0) is 21.4 Å². The fourth-order valence-corrected chi connectivity index (χ4v) is 6.61. The van der Waals surface area contributed by atoms with Crippen LogP contribution in [0.4, 0.5) is 0 Å². The summed E-state index contributed by atoms with van der Waals surface area (Å²) in [6, 6.07) is 3.87. The van der Waals surface area contributed by atoms with E-state index in [0.717, 1.165) is 54.5 Å². The Morgan fingerprint density at radius 1 is 1.27 bits per heavy atom. The van der Waals surface area contributed by atoms with Crippen LogP contribution in [0.15, 0.2) is 12.1 Å². The van der Waals surface area contributed by atoms with Gasteiger partial charge in [0.25, 0.3) is 0 Å². The van der Waals surface area contributed by atoms with E-state index in [9.17, 15) is 9.90 Å². The van der Waals surface area contributed by atoms with E-state index in [-0.39, 0.29) is 17.9 Å². The number of rotatable bonds is 4. The summed E-state index contributed by atoms with van der Waals surface area (Å²) in [5.41, 5.74) is 2.23. The third-order valence-electron chi connectivity index (χ3n) is 7.69. The third-order valence-corrected chi connectivity index (χ3v) is 7.69. The second kappa shape index (κ2) is 6.89. The lowest BCUT2D eigenvalue weighted by molar-refractivity contribution is -0.166. The lowest BCUT2D eigenvalue weighted by Crippen LogP contribution is -2.68. The molecule has 7 heteroatoms. The van der Waals surface area contributed by atoms with E-state index >= 15 is 0 Å². The maximum atomic E-state index is 13.5. The molecule has 1 saturated carbocycles. The molecular weight excluding hydrogens is 384 g/mol. The van der Waals surface area contributed by atoms with Gasteiger partial charge in [-0.25, -0.2) is 0 Å². The van der Waals surface area contributed by atoms with Crippen LogP contribution in [0.1, 0.15) is 31.0 Å². The zero-order chi connectivity index (χ0) is 21.2. The molecule has 2 N–H and O–H groups in total. The number of fused-ring (bicyclic) bond motifs is 4. The summed E-state index contributed by atoms with van der Waals surface area (Å²) >= 11 is 0. The molecule has 2 unspecified atom stereocenters. The van der Waals surface area contributed by atoms with E-state index in [1.54, 1.807) is 14.2 Å². The standard InChI is InChI=1S/C23H30N2O5/c1-12(26)15-7-13-10-23(22(27)30-4)20-14(5-6-25(11-13)21(15)23)16-8-18(28-2)19(29-3)9-17(16)24-20/h8-9,12-13,15,21,24,26H,5-7,10-11H2,1-4H3/t12?,13-,15-,21+,23-/m1/s1. The fourth-order valence-electron chi connectivity index (χ4n) is 6.61. The number of piperidine rings is 2. The molecule has 2 aromatic rings. The van der Waals surface area contributed by atoms with E-state index in [0.29, 0.717) is 17.4 Å². The number of aromatic amines is 1. The number of aliphatic hydroxyl groups excluding tert-OH is 1. The summed E-state index contributed by atoms with van der Waals surface area (Å²) in [5.74, 6) is 1.52. The van der Waals surface area contributed by atoms with Crippen molar-refractivity contribution in [2.45, 2.75) is 43.7 Å².